The van der Waals surface area contributed by atoms with Gasteiger partial charge >= 0.3 is 0 Å². The molecular formula is C27H44Cl2IN. The summed E-state index contributed by atoms with van der Waals surface area (Å²) in [6.45, 7) is 7.80. The van der Waals surface area contributed by atoms with Gasteiger partial charge in [0.25, 0.3) is 0 Å². The fraction of sp³-hybridized carbons (Fsp3) is 0.704. The summed E-state index contributed by atoms with van der Waals surface area (Å²) in [5.74, 6) is 3.05. The predicted octanol–water partition coefficient (Wildman–Crippen LogP) is 5.82. The van der Waals surface area contributed by atoms with E-state index >= 15 is 0 Å². The van der Waals surface area contributed by atoms with Gasteiger partial charge < -0.3 is 16.9 Å². The molecule has 1 aromatic rings. The van der Waals surface area contributed by atoms with Gasteiger partial charge in [0.1, 0.15) is 10.6 Å². The molecule has 0 N–H and O–H groups in total. The van der Waals surface area contributed by atoms with Gasteiger partial charge in [-0.25, -0.2) is 0 Å². The zero-order chi connectivity index (χ0) is 22.1. The van der Waals surface area contributed by atoms with Crippen LogP contribution in [0.1, 0.15) is 96.5 Å². The summed E-state index contributed by atoms with van der Waals surface area (Å²) in [5, 5.41) is 0.886. The molecule has 0 aliphatic heterocycles. The maximum absolute atomic E-state index is 6.50. The van der Waals surface area contributed by atoms with E-state index in [-0.39, 0.29) is 12.4 Å². The molecule has 0 radical (unpaired) electrons. The van der Waals surface area contributed by atoms with Crippen LogP contribution in [0.4, 0.5) is 0 Å². The monoisotopic (exact) mass is 579 g/mol. The van der Waals surface area contributed by atoms with Crippen molar-refractivity contribution in [3.05, 3.63) is 34.9 Å². The molecule has 4 heteroatoms. The first-order chi connectivity index (χ1) is 14.6. The summed E-state index contributed by atoms with van der Waals surface area (Å²) in [6, 6.07) is 8.30. The highest BCUT2D eigenvalue weighted by molar-refractivity contribution is 14.1. The first kappa shape index (κ1) is 31.0. The average molecular weight is 580 g/mol. The number of hydrogen-bond acceptors (Lipinski definition) is 0. The lowest BCUT2D eigenvalue weighted by Gasteiger charge is -2.42. The number of unbranched alkanes of at least 4 members (excludes halogenated alkanes) is 10. The van der Waals surface area contributed by atoms with Gasteiger partial charge in [-0.3, -0.25) is 0 Å². The maximum atomic E-state index is 6.50. The van der Waals surface area contributed by atoms with Crippen molar-refractivity contribution in [2.45, 2.75) is 101 Å². The second kappa shape index (κ2) is 19.5. The fourth-order valence-corrected chi connectivity index (χ4v) is 5.73. The van der Waals surface area contributed by atoms with Crippen LogP contribution in [0, 0.1) is 12.3 Å². The van der Waals surface area contributed by atoms with Crippen LogP contribution in [-0.2, 0) is 6.42 Å². The summed E-state index contributed by atoms with van der Waals surface area (Å²) in [6.07, 6.45) is 22.9. The second-order valence-corrected chi connectivity index (χ2v) is 10.6. The van der Waals surface area contributed by atoms with Gasteiger partial charge in [-0.2, -0.15) is 0 Å². The zero-order valence-electron chi connectivity index (χ0n) is 19.9. The maximum Gasteiger partial charge on any atom is 0.144 e. The molecule has 0 heterocycles. The van der Waals surface area contributed by atoms with Crippen LogP contribution < -0.4 is 12.4 Å². The van der Waals surface area contributed by atoms with Gasteiger partial charge in [0.2, 0.25) is 0 Å². The van der Waals surface area contributed by atoms with Crippen molar-refractivity contribution in [1.82, 2.24) is 0 Å². The number of halogens is 3. The Balaban J connectivity index is 0.00000900. The predicted molar refractivity (Wildman–Crippen MR) is 143 cm³/mol. The van der Waals surface area contributed by atoms with Crippen molar-refractivity contribution in [3.8, 4) is 12.3 Å². The molecule has 0 saturated carbocycles. The van der Waals surface area contributed by atoms with Gasteiger partial charge in [0.15, 0.2) is 0 Å². The van der Waals surface area contributed by atoms with Gasteiger partial charge in [0.05, 0.1) is 13.1 Å². The normalized spacial score (nSPS) is 12.2. The zero-order valence-corrected chi connectivity index (χ0v) is 23.5. The van der Waals surface area contributed by atoms with Crippen molar-refractivity contribution in [2.75, 3.05) is 19.6 Å². The van der Waals surface area contributed by atoms with E-state index in [4.69, 9.17) is 18.0 Å². The third-order valence-electron chi connectivity index (χ3n) is 6.26. The lowest BCUT2D eigenvalue weighted by atomic mass is 10.1. The summed E-state index contributed by atoms with van der Waals surface area (Å²) in [7, 11) is 0. The lowest BCUT2D eigenvalue weighted by Crippen LogP contribution is -3.00. The van der Waals surface area contributed by atoms with E-state index in [0.29, 0.717) is 4.05 Å². The molecule has 178 valence electrons. The molecule has 0 spiro atoms. The summed E-state index contributed by atoms with van der Waals surface area (Å²) < 4.78 is 1.51. The van der Waals surface area contributed by atoms with Crippen molar-refractivity contribution in [3.63, 3.8) is 0 Å². The largest absolute Gasteiger partial charge is 1.00 e. The number of hydrogen-bond donors (Lipinski definition) is 0. The summed E-state index contributed by atoms with van der Waals surface area (Å²) in [5.41, 5.74) is 1.25. The SMILES string of the molecule is C#CC[N+](CCCCCCCC)(CCCCCCCC)C(I)Cc1ccccc1Cl.[Cl-]. The Labute approximate surface area is 218 Å². The molecular weight excluding hydrogens is 536 g/mol. The van der Waals surface area contributed by atoms with E-state index in [0.717, 1.165) is 22.5 Å². The Morgan fingerprint density at radius 2 is 1.35 bits per heavy atom. The van der Waals surface area contributed by atoms with E-state index in [1.54, 1.807) is 0 Å². The number of quaternary nitrogens is 1. The summed E-state index contributed by atoms with van der Waals surface area (Å²) >= 11 is 9.16. The van der Waals surface area contributed by atoms with E-state index in [2.05, 4.69) is 54.5 Å². The van der Waals surface area contributed by atoms with Crippen LogP contribution >= 0.6 is 34.2 Å². The summed E-state index contributed by atoms with van der Waals surface area (Å²) in [4.78, 5) is 0. The van der Waals surface area contributed by atoms with E-state index in [1.165, 1.54) is 95.7 Å². The third-order valence-corrected chi connectivity index (χ3v) is 8.25. The molecule has 1 aromatic carbocycles. The molecule has 0 amide bonds. The lowest BCUT2D eigenvalue weighted by molar-refractivity contribution is -0.927. The number of rotatable bonds is 18. The van der Waals surface area contributed by atoms with Crippen LogP contribution in [0.5, 0.6) is 0 Å². The molecule has 0 aliphatic rings. The Morgan fingerprint density at radius 3 is 1.84 bits per heavy atom. The minimum Gasteiger partial charge on any atom is -1.00 e. The highest BCUT2D eigenvalue weighted by Crippen LogP contribution is 2.29. The van der Waals surface area contributed by atoms with Gasteiger partial charge in [-0.15, -0.1) is 6.42 Å². The van der Waals surface area contributed by atoms with Crippen molar-refractivity contribution < 1.29 is 16.9 Å². The van der Waals surface area contributed by atoms with Gasteiger partial charge in [-0.1, -0.05) is 95.0 Å². The fourth-order valence-electron chi connectivity index (χ4n) is 4.28. The molecule has 1 atom stereocenters. The minimum absolute atomic E-state index is 0. The molecule has 31 heavy (non-hydrogen) atoms. The van der Waals surface area contributed by atoms with Gasteiger partial charge in [-0.05, 0) is 65.8 Å². The molecule has 0 aliphatic carbocycles. The third kappa shape index (κ3) is 12.8. The second-order valence-electron chi connectivity index (χ2n) is 8.79. The smallest absolute Gasteiger partial charge is 0.144 e. The molecule has 1 unspecified atom stereocenters. The topological polar surface area (TPSA) is 0 Å². The molecule has 1 nitrogen and oxygen atoms in total. The van der Waals surface area contributed by atoms with Crippen LogP contribution in [-0.4, -0.2) is 28.2 Å². The highest BCUT2D eigenvalue weighted by atomic mass is 127. The Morgan fingerprint density at radius 1 is 0.871 bits per heavy atom. The molecule has 0 saturated heterocycles. The minimum atomic E-state index is 0. The number of benzene rings is 1. The molecule has 0 fully saturated rings. The molecule has 0 aromatic heterocycles. The quantitative estimate of drug-likeness (QED) is 0.0513. The first-order valence-electron chi connectivity index (χ1n) is 12.3. The first-order valence-corrected chi connectivity index (χ1v) is 13.9. The van der Waals surface area contributed by atoms with Crippen molar-refractivity contribution in [2.24, 2.45) is 0 Å². The van der Waals surface area contributed by atoms with E-state index in [9.17, 15) is 0 Å². The Bertz CT molecular complexity index is 583. The number of alkyl halides is 1. The Hall–Kier alpha value is 0.0500. The van der Waals surface area contributed by atoms with Crippen LogP contribution in [0.15, 0.2) is 24.3 Å². The average Bonchev–Trinajstić information content (AvgIpc) is 2.74. The van der Waals surface area contributed by atoms with Crippen molar-refractivity contribution in [1.29, 1.82) is 0 Å². The van der Waals surface area contributed by atoms with Crippen LogP contribution in [0.3, 0.4) is 0 Å². The van der Waals surface area contributed by atoms with Crippen LogP contribution in [0.2, 0.25) is 5.02 Å². The van der Waals surface area contributed by atoms with E-state index in [1.807, 2.05) is 12.1 Å². The van der Waals surface area contributed by atoms with Crippen molar-refractivity contribution >= 4 is 34.2 Å². The number of terminal acetylenes is 1. The van der Waals surface area contributed by atoms with E-state index < -0.39 is 0 Å². The Kier molecular flexibility index (Phi) is 19.5. The van der Waals surface area contributed by atoms with Gasteiger partial charge in [0, 0.05) is 11.4 Å². The standard InChI is InChI=1S/C27H44ClIN.ClH/c1-4-7-9-11-13-17-22-30(21-6-3,23-18-14-12-10-8-5-2)27(29)24-25-19-15-16-20-26(25)28;/h3,15-16,19-20,27H,4-5,7-14,17-18,21-24H2,1-2H3;1H/q+1;/p-1. The number of nitrogens with zero attached hydrogens (tertiary/aromatic N) is 1. The molecule has 1 rings (SSSR count). The highest BCUT2D eigenvalue weighted by Gasteiger charge is 2.34. The van der Waals surface area contributed by atoms with Crippen LogP contribution in [0.25, 0.3) is 0 Å². The molecule has 0 bridgehead atoms.